The molecule has 0 saturated carbocycles. The van der Waals surface area contributed by atoms with Crippen molar-refractivity contribution in [2.24, 2.45) is 0 Å². The molecule has 2 N–H and O–H groups in total. The largest absolute Gasteiger partial charge is 0.302 e. The standard InChI is InChI=1S/C18H19N3O3S2/c1-4-17(22)20-18-19-14-10-13(7-8-15(14)25-18)21-26(23,24)16-9-11(2)5-6-12(16)3/h5-10,21H,4H2,1-3H3,(H,19,20,22). The van der Waals surface area contributed by atoms with E-state index in [9.17, 15) is 13.2 Å². The van der Waals surface area contributed by atoms with E-state index in [1.54, 1.807) is 44.2 Å². The van der Waals surface area contributed by atoms with Crippen LogP contribution < -0.4 is 10.0 Å². The Morgan fingerprint density at radius 1 is 1.15 bits per heavy atom. The first-order valence-electron chi connectivity index (χ1n) is 8.09. The number of nitrogens with one attached hydrogen (secondary N) is 2. The van der Waals surface area contributed by atoms with Gasteiger partial charge in [0.15, 0.2) is 5.13 Å². The Morgan fingerprint density at radius 2 is 1.92 bits per heavy atom. The molecule has 3 aromatic rings. The summed E-state index contributed by atoms with van der Waals surface area (Å²) in [5, 5.41) is 3.22. The monoisotopic (exact) mass is 389 g/mol. The van der Waals surface area contributed by atoms with Crippen LogP contribution in [0.3, 0.4) is 0 Å². The van der Waals surface area contributed by atoms with Crippen molar-refractivity contribution < 1.29 is 13.2 Å². The Labute approximate surface area is 156 Å². The zero-order valence-corrected chi connectivity index (χ0v) is 16.3. The van der Waals surface area contributed by atoms with Crippen molar-refractivity contribution in [1.82, 2.24) is 4.98 Å². The molecule has 0 bridgehead atoms. The van der Waals surface area contributed by atoms with Gasteiger partial charge in [-0.3, -0.25) is 9.52 Å². The molecule has 0 radical (unpaired) electrons. The number of thiazole rings is 1. The summed E-state index contributed by atoms with van der Waals surface area (Å²) in [5.74, 6) is -0.111. The third-order valence-electron chi connectivity index (χ3n) is 3.84. The van der Waals surface area contributed by atoms with Gasteiger partial charge in [0.05, 0.1) is 20.8 Å². The number of sulfonamides is 1. The number of amides is 1. The number of aryl methyl sites for hydroxylation is 2. The third-order valence-corrected chi connectivity index (χ3v) is 6.32. The van der Waals surface area contributed by atoms with E-state index < -0.39 is 10.0 Å². The Hall–Kier alpha value is -2.45. The average Bonchev–Trinajstić information content (AvgIpc) is 2.97. The first-order chi connectivity index (χ1) is 12.3. The quantitative estimate of drug-likeness (QED) is 0.689. The second-order valence-electron chi connectivity index (χ2n) is 5.98. The number of fused-ring (bicyclic) bond motifs is 1. The Kier molecular flexibility index (Phi) is 4.97. The summed E-state index contributed by atoms with van der Waals surface area (Å²) < 4.78 is 28.9. The summed E-state index contributed by atoms with van der Waals surface area (Å²) >= 11 is 1.35. The molecule has 0 atom stereocenters. The highest BCUT2D eigenvalue weighted by atomic mass is 32.2. The van der Waals surface area contributed by atoms with Crippen LogP contribution in [0.1, 0.15) is 24.5 Å². The van der Waals surface area contributed by atoms with Gasteiger partial charge in [-0.25, -0.2) is 13.4 Å². The number of carbonyl (C=O) groups is 1. The average molecular weight is 390 g/mol. The fourth-order valence-corrected chi connectivity index (χ4v) is 4.70. The van der Waals surface area contributed by atoms with Crippen LogP contribution in [0.2, 0.25) is 0 Å². The van der Waals surface area contributed by atoms with Crippen LogP contribution in [-0.4, -0.2) is 19.3 Å². The molecule has 1 aromatic heterocycles. The van der Waals surface area contributed by atoms with E-state index in [2.05, 4.69) is 15.0 Å². The maximum absolute atomic E-state index is 12.7. The van der Waals surface area contributed by atoms with Gasteiger partial charge in [-0.1, -0.05) is 30.4 Å². The smallest absolute Gasteiger partial charge is 0.262 e. The van der Waals surface area contributed by atoms with Crippen LogP contribution in [-0.2, 0) is 14.8 Å². The highest BCUT2D eigenvalue weighted by molar-refractivity contribution is 7.92. The fraction of sp³-hybridized carbons (Fsp3) is 0.222. The number of benzene rings is 2. The summed E-state index contributed by atoms with van der Waals surface area (Å²) in [6, 6.07) is 10.5. The van der Waals surface area contributed by atoms with E-state index in [1.165, 1.54) is 11.3 Å². The molecule has 0 fully saturated rings. The van der Waals surface area contributed by atoms with Crippen LogP contribution in [0.25, 0.3) is 10.2 Å². The molecule has 0 aliphatic heterocycles. The van der Waals surface area contributed by atoms with Crippen molar-refractivity contribution in [3.63, 3.8) is 0 Å². The third kappa shape index (κ3) is 3.86. The molecule has 6 nitrogen and oxygen atoms in total. The number of hydrogen-bond acceptors (Lipinski definition) is 5. The Morgan fingerprint density at radius 3 is 2.65 bits per heavy atom. The number of aromatic nitrogens is 1. The Bertz CT molecular complexity index is 1090. The van der Waals surface area contributed by atoms with Crippen molar-refractivity contribution in [2.45, 2.75) is 32.1 Å². The van der Waals surface area contributed by atoms with E-state index >= 15 is 0 Å². The molecule has 0 saturated heterocycles. The number of carbonyl (C=O) groups excluding carboxylic acids is 1. The van der Waals surface area contributed by atoms with Crippen LogP contribution in [0.15, 0.2) is 41.3 Å². The van der Waals surface area contributed by atoms with Gasteiger partial charge < -0.3 is 5.32 Å². The summed E-state index contributed by atoms with van der Waals surface area (Å²) in [6.07, 6.45) is 0.372. The molecule has 1 heterocycles. The summed E-state index contributed by atoms with van der Waals surface area (Å²) in [6.45, 7) is 5.38. The zero-order chi connectivity index (χ0) is 18.9. The summed E-state index contributed by atoms with van der Waals surface area (Å²) in [7, 11) is -3.70. The van der Waals surface area contributed by atoms with Crippen molar-refractivity contribution in [3.8, 4) is 0 Å². The van der Waals surface area contributed by atoms with Crippen LogP contribution in [0.5, 0.6) is 0 Å². The lowest BCUT2D eigenvalue weighted by Crippen LogP contribution is -2.14. The van der Waals surface area contributed by atoms with Gasteiger partial charge in [0.1, 0.15) is 0 Å². The first kappa shape index (κ1) is 18.3. The van der Waals surface area contributed by atoms with E-state index in [1.807, 2.05) is 13.0 Å². The van der Waals surface area contributed by atoms with Gasteiger partial charge in [0, 0.05) is 6.42 Å². The molecule has 0 spiro atoms. The number of hydrogen-bond donors (Lipinski definition) is 2. The zero-order valence-electron chi connectivity index (χ0n) is 14.7. The molecule has 26 heavy (non-hydrogen) atoms. The lowest BCUT2D eigenvalue weighted by molar-refractivity contribution is -0.115. The van der Waals surface area contributed by atoms with Gasteiger partial charge >= 0.3 is 0 Å². The van der Waals surface area contributed by atoms with Crippen LogP contribution >= 0.6 is 11.3 Å². The lowest BCUT2D eigenvalue weighted by Gasteiger charge is -2.11. The van der Waals surface area contributed by atoms with E-state index in [4.69, 9.17) is 0 Å². The van der Waals surface area contributed by atoms with Crippen molar-refractivity contribution in [1.29, 1.82) is 0 Å². The Balaban J connectivity index is 1.90. The highest BCUT2D eigenvalue weighted by Crippen LogP contribution is 2.29. The van der Waals surface area contributed by atoms with Crippen molar-refractivity contribution in [2.75, 3.05) is 10.0 Å². The molecule has 3 rings (SSSR count). The van der Waals surface area contributed by atoms with E-state index in [-0.39, 0.29) is 10.8 Å². The maximum Gasteiger partial charge on any atom is 0.262 e. The van der Waals surface area contributed by atoms with Crippen LogP contribution in [0.4, 0.5) is 10.8 Å². The maximum atomic E-state index is 12.7. The molecule has 136 valence electrons. The molecule has 0 aliphatic rings. The molecule has 2 aromatic carbocycles. The lowest BCUT2D eigenvalue weighted by atomic mass is 10.2. The molecular formula is C18H19N3O3S2. The highest BCUT2D eigenvalue weighted by Gasteiger charge is 2.18. The predicted molar refractivity (Wildman–Crippen MR) is 105 cm³/mol. The molecule has 0 aliphatic carbocycles. The number of anilines is 2. The summed E-state index contributed by atoms with van der Waals surface area (Å²) in [5.41, 5.74) is 2.62. The van der Waals surface area contributed by atoms with Gasteiger partial charge in [-0.05, 0) is 49.2 Å². The van der Waals surface area contributed by atoms with Gasteiger partial charge in [-0.15, -0.1) is 0 Å². The minimum atomic E-state index is -3.70. The number of rotatable bonds is 5. The second kappa shape index (κ2) is 7.05. The second-order valence-corrected chi connectivity index (χ2v) is 8.66. The predicted octanol–water partition coefficient (Wildman–Crippen LogP) is 4.06. The molecule has 0 unspecified atom stereocenters. The molecule has 8 heteroatoms. The van der Waals surface area contributed by atoms with Gasteiger partial charge in [-0.2, -0.15) is 0 Å². The molecule has 1 amide bonds. The SMILES string of the molecule is CCC(=O)Nc1nc2cc(NS(=O)(=O)c3cc(C)ccc3C)ccc2s1. The molecular weight excluding hydrogens is 370 g/mol. The topological polar surface area (TPSA) is 88.2 Å². The minimum Gasteiger partial charge on any atom is -0.302 e. The number of nitrogens with zero attached hydrogens (tertiary/aromatic N) is 1. The summed E-state index contributed by atoms with van der Waals surface area (Å²) in [4.78, 5) is 16.1. The van der Waals surface area contributed by atoms with Crippen LogP contribution in [0, 0.1) is 13.8 Å². The minimum absolute atomic E-state index is 0.111. The van der Waals surface area contributed by atoms with Crippen molar-refractivity contribution in [3.05, 3.63) is 47.5 Å². The normalized spacial score (nSPS) is 11.5. The van der Waals surface area contributed by atoms with E-state index in [0.29, 0.717) is 28.3 Å². The van der Waals surface area contributed by atoms with Gasteiger partial charge in [0.2, 0.25) is 5.91 Å². The van der Waals surface area contributed by atoms with Gasteiger partial charge in [0.25, 0.3) is 10.0 Å². The van der Waals surface area contributed by atoms with E-state index in [0.717, 1.165) is 10.3 Å². The fourth-order valence-electron chi connectivity index (χ4n) is 2.46. The van der Waals surface area contributed by atoms with Crippen molar-refractivity contribution >= 4 is 48.3 Å². The first-order valence-corrected chi connectivity index (χ1v) is 10.4.